The zero-order valence-electron chi connectivity index (χ0n) is 8.77. The molecule has 0 bridgehead atoms. The van der Waals surface area contributed by atoms with E-state index < -0.39 is 0 Å². The van der Waals surface area contributed by atoms with Gasteiger partial charge in [0.2, 0.25) is 0 Å². The second-order valence-corrected chi connectivity index (χ2v) is 3.40. The zero-order valence-corrected chi connectivity index (χ0v) is 8.77. The molecule has 1 unspecified atom stereocenters. The Morgan fingerprint density at radius 1 is 1.40 bits per heavy atom. The number of nitrogens with two attached hydrogens (primary N) is 2. The summed E-state index contributed by atoms with van der Waals surface area (Å²) in [7, 11) is 1.37. The van der Waals surface area contributed by atoms with Crippen LogP contribution in [-0.4, -0.2) is 19.6 Å². The molecule has 4 N–H and O–H groups in total. The first-order chi connectivity index (χ1) is 7.17. The van der Waals surface area contributed by atoms with E-state index in [0.29, 0.717) is 12.1 Å². The lowest BCUT2D eigenvalue weighted by atomic mass is 9.99. The molecule has 0 saturated heterocycles. The molecule has 15 heavy (non-hydrogen) atoms. The summed E-state index contributed by atoms with van der Waals surface area (Å²) in [4.78, 5) is 11.3. The molecule has 1 aromatic carbocycles. The van der Waals surface area contributed by atoms with Gasteiger partial charge in [-0.05, 0) is 24.1 Å². The zero-order chi connectivity index (χ0) is 11.3. The van der Waals surface area contributed by atoms with E-state index >= 15 is 0 Å². The largest absolute Gasteiger partial charge is 0.469 e. The van der Waals surface area contributed by atoms with Crippen molar-refractivity contribution < 1.29 is 9.53 Å². The lowest BCUT2D eigenvalue weighted by Crippen LogP contribution is -2.26. The minimum Gasteiger partial charge on any atom is -0.469 e. The number of carbonyl (C=O) groups is 1. The van der Waals surface area contributed by atoms with Crippen LogP contribution in [0, 0.1) is 5.92 Å². The molecule has 0 aliphatic rings. The minimum absolute atomic E-state index is 0.269. The van der Waals surface area contributed by atoms with Crippen molar-refractivity contribution in [3.05, 3.63) is 29.8 Å². The maximum atomic E-state index is 11.3. The topological polar surface area (TPSA) is 78.3 Å². The smallest absolute Gasteiger partial charge is 0.310 e. The van der Waals surface area contributed by atoms with Gasteiger partial charge in [-0.15, -0.1) is 0 Å². The molecule has 0 radical (unpaired) electrons. The summed E-state index contributed by atoms with van der Waals surface area (Å²) in [6.07, 6.45) is 0.587. The SMILES string of the molecule is COC(=O)C(CN)Cc1ccc(N)cc1. The predicted octanol–water partition coefficient (Wildman–Crippen LogP) is 0.559. The molecular weight excluding hydrogens is 192 g/mol. The van der Waals surface area contributed by atoms with Crippen LogP contribution in [0.25, 0.3) is 0 Å². The molecule has 1 rings (SSSR count). The number of ether oxygens (including phenoxy) is 1. The lowest BCUT2D eigenvalue weighted by Gasteiger charge is -2.12. The number of esters is 1. The van der Waals surface area contributed by atoms with Crippen molar-refractivity contribution in [2.75, 3.05) is 19.4 Å². The Balaban J connectivity index is 2.66. The summed E-state index contributed by atoms with van der Waals surface area (Å²) in [5.74, 6) is -0.548. The lowest BCUT2D eigenvalue weighted by molar-refractivity contribution is -0.145. The number of anilines is 1. The van der Waals surface area contributed by atoms with Crippen LogP contribution in [0.4, 0.5) is 5.69 Å². The number of methoxy groups -OCH3 is 1. The molecule has 0 heterocycles. The summed E-state index contributed by atoms with van der Waals surface area (Å²) in [5, 5.41) is 0. The van der Waals surface area contributed by atoms with E-state index in [4.69, 9.17) is 11.5 Å². The quantitative estimate of drug-likeness (QED) is 0.559. The van der Waals surface area contributed by atoms with Crippen molar-refractivity contribution in [1.82, 2.24) is 0 Å². The average Bonchev–Trinajstić information content (AvgIpc) is 2.27. The first-order valence-electron chi connectivity index (χ1n) is 4.79. The van der Waals surface area contributed by atoms with E-state index in [2.05, 4.69) is 4.74 Å². The Labute approximate surface area is 89.2 Å². The number of carbonyl (C=O) groups excluding carboxylic acids is 1. The molecule has 1 atom stereocenters. The van der Waals surface area contributed by atoms with Gasteiger partial charge in [-0.2, -0.15) is 0 Å². The van der Waals surface area contributed by atoms with Crippen molar-refractivity contribution in [2.24, 2.45) is 11.7 Å². The fraction of sp³-hybridized carbons (Fsp3) is 0.364. The fourth-order valence-electron chi connectivity index (χ4n) is 1.37. The maximum Gasteiger partial charge on any atom is 0.310 e. The number of rotatable bonds is 4. The van der Waals surface area contributed by atoms with Gasteiger partial charge in [0.05, 0.1) is 13.0 Å². The van der Waals surface area contributed by atoms with Crippen LogP contribution < -0.4 is 11.5 Å². The molecule has 4 nitrogen and oxygen atoms in total. The van der Waals surface area contributed by atoms with Gasteiger partial charge < -0.3 is 16.2 Å². The Bertz CT molecular complexity index is 322. The van der Waals surface area contributed by atoms with Gasteiger partial charge >= 0.3 is 5.97 Å². The monoisotopic (exact) mass is 208 g/mol. The average molecular weight is 208 g/mol. The Hall–Kier alpha value is -1.55. The second-order valence-electron chi connectivity index (χ2n) is 3.40. The van der Waals surface area contributed by atoms with Crippen LogP contribution in [0.1, 0.15) is 5.56 Å². The molecular formula is C11H16N2O2. The highest BCUT2D eigenvalue weighted by atomic mass is 16.5. The molecule has 4 heteroatoms. The van der Waals surface area contributed by atoms with Gasteiger partial charge in [0, 0.05) is 12.2 Å². The number of nitrogen functional groups attached to an aromatic ring is 1. The third kappa shape index (κ3) is 3.25. The normalized spacial score (nSPS) is 12.1. The Morgan fingerprint density at radius 2 is 2.00 bits per heavy atom. The van der Waals surface area contributed by atoms with Gasteiger partial charge in [0.1, 0.15) is 0 Å². The van der Waals surface area contributed by atoms with Crippen LogP contribution in [0.5, 0.6) is 0 Å². The second kappa shape index (κ2) is 5.36. The fourth-order valence-corrected chi connectivity index (χ4v) is 1.37. The molecule has 1 aromatic rings. The standard InChI is InChI=1S/C11H16N2O2/c1-15-11(14)9(7-12)6-8-2-4-10(13)5-3-8/h2-5,9H,6-7,12-13H2,1H3. The van der Waals surface area contributed by atoms with Crippen LogP contribution in [-0.2, 0) is 16.0 Å². The molecule has 0 fully saturated rings. The number of hydrogen-bond acceptors (Lipinski definition) is 4. The predicted molar refractivity (Wildman–Crippen MR) is 59.1 cm³/mol. The van der Waals surface area contributed by atoms with Crippen LogP contribution in [0.2, 0.25) is 0 Å². The first-order valence-corrected chi connectivity index (χ1v) is 4.79. The van der Waals surface area contributed by atoms with Crippen molar-refractivity contribution >= 4 is 11.7 Å². The Kier molecular flexibility index (Phi) is 4.12. The van der Waals surface area contributed by atoms with Gasteiger partial charge in [-0.1, -0.05) is 12.1 Å². The molecule has 0 aliphatic heterocycles. The van der Waals surface area contributed by atoms with Crippen molar-refractivity contribution in [3.63, 3.8) is 0 Å². The third-order valence-corrected chi connectivity index (χ3v) is 2.28. The summed E-state index contributed by atoms with van der Waals surface area (Å²) in [6.45, 7) is 0.289. The van der Waals surface area contributed by atoms with E-state index in [1.807, 2.05) is 12.1 Å². The summed E-state index contributed by atoms with van der Waals surface area (Å²) in [5.41, 5.74) is 12.8. The van der Waals surface area contributed by atoms with Crippen LogP contribution in [0.15, 0.2) is 24.3 Å². The highest BCUT2D eigenvalue weighted by molar-refractivity contribution is 5.72. The summed E-state index contributed by atoms with van der Waals surface area (Å²) in [6, 6.07) is 7.39. The van der Waals surface area contributed by atoms with Gasteiger partial charge in [-0.25, -0.2) is 0 Å². The van der Waals surface area contributed by atoms with Crippen molar-refractivity contribution in [2.45, 2.75) is 6.42 Å². The molecule has 0 saturated carbocycles. The Morgan fingerprint density at radius 3 is 2.47 bits per heavy atom. The number of benzene rings is 1. The summed E-state index contributed by atoms with van der Waals surface area (Å²) < 4.78 is 4.66. The van der Waals surface area contributed by atoms with Gasteiger partial charge in [-0.3, -0.25) is 4.79 Å². The molecule has 0 aromatic heterocycles. The molecule has 0 amide bonds. The molecule has 82 valence electrons. The van der Waals surface area contributed by atoms with E-state index in [1.54, 1.807) is 12.1 Å². The third-order valence-electron chi connectivity index (χ3n) is 2.28. The van der Waals surface area contributed by atoms with Crippen LogP contribution >= 0.6 is 0 Å². The molecule has 0 spiro atoms. The minimum atomic E-state index is -0.279. The maximum absolute atomic E-state index is 11.3. The van der Waals surface area contributed by atoms with E-state index in [9.17, 15) is 4.79 Å². The van der Waals surface area contributed by atoms with Gasteiger partial charge in [0.15, 0.2) is 0 Å². The summed E-state index contributed by atoms with van der Waals surface area (Å²) >= 11 is 0. The van der Waals surface area contributed by atoms with Crippen molar-refractivity contribution in [1.29, 1.82) is 0 Å². The van der Waals surface area contributed by atoms with Gasteiger partial charge in [0.25, 0.3) is 0 Å². The van der Waals surface area contributed by atoms with Crippen molar-refractivity contribution in [3.8, 4) is 0 Å². The van der Waals surface area contributed by atoms with E-state index in [1.165, 1.54) is 7.11 Å². The first kappa shape index (κ1) is 11.5. The highest BCUT2D eigenvalue weighted by Gasteiger charge is 2.17. The van der Waals surface area contributed by atoms with E-state index in [0.717, 1.165) is 5.56 Å². The van der Waals surface area contributed by atoms with Crippen LogP contribution in [0.3, 0.4) is 0 Å². The number of hydrogen-bond donors (Lipinski definition) is 2. The molecule has 0 aliphatic carbocycles. The van der Waals surface area contributed by atoms with E-state index in [-0.39, 0.29) is 18.4 Å². The highest BCUT2D eigenvalue weighted by Crippen LogP contribution is 2.11.